The Balaban J connectivity index is 1.68. The fraction of sp³-hybridized carbons (Fsp3) is 0.562. The number of hydrogen-bond acceptors (Lipinski definition) is 3. The molecule has 2 bridgehead atoms. The molecule has 3 fully saturated rings. The normalized spacial score (nSPS) is 34.2. The van der Waals surface area contributed by atoms with Crippen LogP contribution in [-0.4, -0.2) is 24.2 Å². The maximum absolute atomic E-state index is 14.4. The van der Waals surface area contributed by atoms with Crippen LogP contribution in [-0.2, 0) is 9.53 Å². The Morgan fingerprint density at radius 2 is 2.08 bits per heavy atom. The molecule has 1 aromatic rings. The number of fused-ring (bicyclic) bond motifs is 3. The summed E-state index contributed by atoms with van der Waals surface area (Å²) in [5.41, 5.74) is -1.16. The van der Waals surface area contributed by atoms with Crippen LogP contribution < -0.4 is 4.74 Å². The fourth-order valence-electron chi connectivity index (χ4n) is 4.16. The summed E-state index contributed by atoms with van der Waals surface area (Å²) in [6, 6.07) is 2.42. The van der Waals surface area contributed by atoms with Crippen molar-refractivity contribution in [3.63, 3.8) is 0 Å². The number of alkyl halides is 3. The first-order valence-electron chi connectivity index (χ1n) is 7.63. The number of halogens is 5. The average molecular weight is 409 g/mol. The molecular weight excluding hydrogens is 396 g/mol. The number of ketones is 1. The zero-order valence-corrected chi connectivity index (χ0v) is 13.9. The summed E-state index contributed by atoms with van der Waals surface area (Å²) >= 11 is 3.05. The lowest BCUT2D eigenvalue weighted by Crippen LogP contribution is -2.32. The van der Waals surface area contributed by atoms with E-state index in [1.165, 1.54) is 6.07 Å². The van der Waals surface area contributed by atoms with Gasteiger partial charge < -0.3 is 9.47 Å². The SMILES string of the molecule is O=C1C2CCC(C2)C12OC2c1c(F)cc(Br)cc1OCC(F)(F)F. The van der Waals surface area contributed by atoms with Crippen LogP contribution in [0.1, 0.15) is 30.9 Å². The van der Waals surface area contributed by atoms with Crippen molar-refractivity contribution >= 4 is 21.7 Å². The van der Waals surface area contributed by atoms with E-state index in [1.54, 1.807) is 0 Å². The topological polar surface area (TPSA) is 38.8 Å². The van der Waals surface area contributed by atoms with Crippen LogP contribution in [0.15, 0.2) is 16.6 Å². The minimum Gasteiger partial charge on any atom is -0.484 e. The van der Waals surface area contributed by atoms with Gasteiger partial charge in [-0.05, 0) is 37.3 Å². The van der Waals surface area contributed by atoms with Gasteiger partial charge >= 0.3 is 6.18 Å². The highest BCUT2D eigenvalue weighted by atomic mass is 79.9. The van der Waals surface area contributed by atoms with E-state index in [1.807, 2.05) is 0 Å². The summed E-state index contributed by atoms with van der Waals surface area (Å²) in [6.45, 7) is -1.53. The van der Waals surface area contributed by atoms with E-state index in [0.717, 1.165) is 18.9 Å². The largest absolute Gasteiger partial charge is 0.484 e. The molecule has 4 rings (SSSR count). The van der Waals surface area contributed by atoms with Crippen molar-refractivity contribution in [3.05, 3.63) is 28.0 Å². The number of benzene rings is 1. The lowest BCUT2D eigenvalue weighted by Gasteiger charge is -2.18. The molecule has 1 aromatic carbocycles. The first-order valence-corrected chi connectivity index (χ1v) is 8.42. The molecule has 2 saturated carbocycles. The molecule has 0 aromatic heterocycles. The molecule has 8 heteroatoms. The third-order valence-corrected chi connectivity index (χ3v) is 5.61. The van der Waals surface area contributed by atoms with Gasteiger partial charge in [-0.1, -0.05) is 15.9 Å². The molecule has 0 amide bonds. The fourth-order valence-corrected chi connectivity index (χ4v) is 4.56. The number of ether oxygens (including phenoxy) is 2. The quantitative estimate of drug-likeness (QED) is 0.551. The molecule has 1 heterocycles. The van der Waals surface area contributed by atoms with Crippen molar-refractivity contribution in [2.24, 2.45) is 11.8 Å². The maximum Gasteiger partial charge on any atom is 0.422 e. The van der Waals surface area contributed by atoms with Crippen molar-refractivity contribution < 1.29 is 31.8 Å². The highest BCUT2D eigenvalue weighted by molar-refractivity contribution is 9.10. The monoisotopic (exact) mass is 408 g/mol. The molecule has 1 spiro atoms. The highest BCUT2D eigenvalue weighted by Crippen LogP contribution is 2.67. The molecule has 3 aliphatic rings. The number of carbonyl (C=O) groups is 1. The van der Waals surface area contributed by atoms with Gasteiger partial charge in [0.2, 0.25) is 0 Å². The Labute approximate surface area is 143 Å². The van der Waals surface area contributed by atoms with E-state index in [0.29, 0.717) is 6.42 Å². The smallest absolute Gasteiger partial charge is 0.422 e. The zero-order valence-electron chi connectivity index (χ0n) is 12.3. The first kappa shape index (κ1) is 16.3. The van der Waals surface area contributed by atoms with Gasteiger partial charge in [-0.3, -0.25) is 4.79 Å². The Morgan fingerprint density at radius 1 is 1.33 bits per heavy atom. The van der Waals surface area contributed by atoms with Gasteiger partial charge in [-0.15, -0.1) is 0 Å². The van der Waals surface area contributed by atoms with Crippen molar-refractivity contribution in [1.82, 2.24) is 0 Å². The van der Waals surface area contributed by atoms with E-state index < -0.39 is 30.3 Å². The van der Waals surface area contributed by atoms with Gasteiger partial charge in [-0.25, -0.2) is 4.39 Å². The molecule has 0 N–H and O–H groups in total. The lowest BCUT2D eigenvalue weighted by molar-refractivity contribution is -0.153. The third-order valence-electron chi connectivity index (χ3n) is 5.15. The Morgan fingerprint density at radius 3 is 2.71 bits per heavy atom. The van der Waals surface area contributed by atoms with E-state index in [2.05, 4.69) is 15.9 Å². The second-order valence-corrected chi connectivity index (χ2v) is 7.48. The van der Waals surface area contributed by atoms with Crippen LogP contribution in [0.4, 0.5) is 17.6 Å². The van der Waals surface area contributed by atoms with Gasteiger partial charge in [0.15, 0.2) is 18.0 Å². The van der Waals surface area contributed by atoms with Crippen LogP contribution in [0.25, 0.3) is 0 Å². The number of rotatable bonds is 3. The highest BCUT2D eigenvalue weighted by Gasteiger charge is 2.74. The zero-order chi connectivity index (χ0) is 17.3. The summed E-state index contributed by atoms with van der Waals surface area (Å²) in [7, 11) is 0. The van der Waals surface area contributed by atoms with Crippen molar-refractivity contribution in [3.8, 4) is 5.75 Å². The lowest BCUT2D eigenvalue weighted by atomic mass is 9.82. The summed E-state index contributed by atoms with van der Waals surface area (Å²) in [6.07, 6.45) is -3.06. The number of epoxide rings is 1. The molecule has 3 nitrogen and oxygen atoms in total. The van der Waals surface area contributed by atoms with Crippen molar-refractivity contribution in [2.45, 2.75) is 37.1 Å². The molecule has 1 aliphatic heterocycles. The Hall–Kier alpha value is -1.15. The summed E-state index contributed by atoms with van der Waals surface area (Å²) in [5, 5.41) is 0. The number of hydrogen-bond donors (Lipinski definition) is 0. The number of Topliss-reactive ketones (excluding diaryl/α,β-unsaturated/α-hetero) is 1. The molecule has 4 atom stereocenters. The van der Waals surface area contributed by atoms with E-state index in [-0.39, 0.29) is 33.4 Å². The first-order chi connectivity index (χ1) is 11.2. The van der Waals surface area contributed by atoms with E-state index in [9.17, 15) is 22.4 Å². The number of carbonyl (C=O) groups excluding carboxylic acids is 1. The van der Waals surface area contributed by atoms with Crippen LogP contribution >= 0.6 is 15.9 Å². The maximum atomic E-state index is 14.4. The predicted molar refractivity (Wildman–Crippen MR) is 78.0 cm³/mol. The van der Waals surface area contributed by atoms with Crippen LogP contribution in [0, 0.1) is 17.7 Å². The van der Waals surface area contributed by atoms with Gasteiger partial charge in [0.25, 0.3) is 0 Å². The minimum atomic E-state index is -4.54. The van der Waals surface area contributed by atoms with Gasteiger partial charge in [-0.2, -0.15) is 13.2 Å². The van der Waals surface area contributed by atoms with Crippen LogP contribution in [0.2, 0.25) is 0 Å². The predicted octanol–water partition coefficient (Wildman–Crippen LogP) is 4.34. The van der Waals surface area contributed by atoms with E-state index in [4.69, 9.17) is 9.47 Å². The van der Waals surface area contributed by atoms with E-state index >= 15 is 0 Å². The van der Waals surface area contributed by atoms with Crippen molar-refractivity contribution in [1.29, 1.82) is 0 Å². The van der Waals surface area contributed by atoms with Gasteiger partial charge in [0.1, 0.15) is 17.7 Å². The second kappa shape index (κ2) is 5.17. The Kier molecular flexibility index (Phi) is 3.52. The summed E-state index contributed by atoms with van der Waals surface area (Å²) in [4.78, 5) is 12.5. The summed E-state index contributed by atoms with van der Waals surface area (Å²) in [5.74, 6) is -1.08. The van der Waals surface area contributed by atoms with Crippen LogP contribution in [0.3, 0.4) is 0 Å². The molecular formula is C16H13BrF4O3. The second-order valence-electron chi connectivity index (χ2n) is 6.57. The minimum absolute atomic E-state index is 0.0125. The molecule has 1 saturated heterocycles. The molecule has 4 unspecified atom stereocenters. The molecule has 2 aliphatic carbocycles. The molecule has 0 radical (unpaired) electrons. The standard InChI is InChI=1S/C16H13BrF4O3/c17-9-4-10(18)12(11(5-9)23-6-15(19,20)21)14-16(24-14)8-2-1-7(3-8)13(16)22/h4-5,7-8,14H,1-3,6H2. The molecule has 130 valence electrons. The van der Waals surface area contributed by atoms with Gasteiger partial charge in [0, 0.05) is 10.4 Å². The van der Waals surface area contributed by atoms with Gasteiger partial charge in [0.05, 0.1) is 5.56 Å². The van der Waals surface area contributed by atoms with Crippen molar-refractivity contribution in [2.75, 3.05) is 6.61 Å². The third kappa shape index (κ3) is 2.37. The molecule has 24 heavy (non-hydrogen) atoms. The van der Waals surface area contributed by atoms with Crippen LogP contribution in [0.5, 0.6) is 5.75 Å². The summed E-state index contributed by atoms with van der Waals surface area (Å²) < 4.78 is 62.5. The average Bonchev–Trinajstić information content (AvgIpc) is 2.87. The Bertz CT molecular complexity index is 720.